The highest BCUT2D eigenvalue weighted by Crippen LogP contribution is 2.31. The molecule has 0 aromatic rings. The lowest BCUT2D eigenvalue weighted by Crippen LogP contribution is -2.39. The fourth-order valence-corrected chi connectivity index (χ4v) is 3.96. The Balaban J connectivity index is 1.54. The predicted octanol–water partition coefficient (Wildman–Crippen LogP) is 4.36. The van der Waals surface area contributed by atoms with Gasteiger partial charge in [0.1, 0.15) is 11.6 Å². The number of ether oxygens (including phenoxy) is 2. The maximum absolute atomic E-state index is 12.1. The minimum Gasteiger partial charge on any atom is -0.458 e. The third-order valence-corrected chi connectivity index (χ3v) is 6.22. The summed E-state index contributed by atoms with van der Waals surface area (Å²) in [6.07, 6.45) is 18.1. The number of aliphatic hydroxyl groups excluding tert-OH is 1. The molecule has 2 N–H and O–H groups in total. The van der Waals surface area contributed by atoms with E-state index < -0.39 is 23.7 Å². The van der Waals surface area contributed by atoms with Crippen molar-refractivity contribution in [3.05, 3.63) is 24.3 Å². The summed E-state index contributed by atoms with van der Waals surface area (Å²) in [5.41, 5.74) is -0.517. The maximum Gasteiger partial charge on any atom is 0.329 e. The number of unbranched alkanes of at least 4 members (excludes halogenated alkanes) is 5. The van der Waals surface area contributed by atoms with Crippen LogP contribution in [0, 0.1) is 0 Å². The largest absolute Gasteiger partial charge is 0.458 e. The van der Waals surface area contributed by atoms with E-state index in [2.05, 4.69) is 12.2 Å². The topological polar surface area (TPSA) is 88.2 Å². The van der Waals surface area contributed by atoms with Crippen LogP contribution in [0.25, 0.3) is 0 Å². The van der Waals surface area contributed by atoms with Crippen molar-refractivity contribution in [2.45, 2.75) is 121 Å². The van der Waals surface area contributed by atoms with E-state index in [9.17, 15) is 14.7 Å². The number of cyclic esters (lactones) is 1. The van der Waals surface area contributed by atoms with Gasteiger partial charge in [0.15, 0.2) is 0 Å². The SMILES string of the molecule is CCCCCCCCC1OC1CC=CC=CC(O)CC(=O)NC1CC(C)(CC)OC1=O. The minimum absolute atomic E-state index is 0.0803. The molecule has 0 saturated carbocycles. The Kier molecular flexibility index (Phi) is 10.7. The highest BCUT2D eigenvalue weighted by molar-refractivity contribution is 5.86. The van der Waals surface area contributed by atoms with Gasteiger partial charge in [0, 0.05) is 6.42 Å². The Bertz CT molecular complexity index is 631. The molecular weight excluding hydrogens is 394 g/mol. The monoisotopic (exact) mass is 435 g/mol. The van der Waals surface area contributed by atoms with Crippen molar-refractivity contribution >= 4 is 11.9 Å². The van der Waals surface area contributed by atoms with Gasteiger partial charge in [-0.25, -0.2) is 4.79 Å². The second-order valence-electron chi connectivity index (χ2n) is 9.14. The van der Waals surface area contributed by atoms with E-state index >= 15 is 0 Å². The molecule has 0 bridgehead atoms. The molecule has 2 rings (SSSR count). The summed E-state index contributed by atoms with van der Waals surface area (Å²) in [6, 6.07) is -0.628. The summed E-state index contributed by atoms with van der Waals surface area (Å²) in [7, 11) is 0. The lowest BCUT2D eigenvalue weighted by atomic mass is 9.97. The van der Waals surface area contributed by atoms with Crippen LogP contribution in [0.3, 0.4) is 0 Å². The lowest BCUT2D eigenvalue weighted by molar-refractivity contribution is -0.149. The number of nitrogens with one attached hydrogen (secondary N) is 1. The molecule has 176 valence electrons. The van der Waals surface area contributed by atoms with Crippen molar-refractivity contribution in [1.29, 1.82) is 0 Å². The van der Waals surface area contributed by atoms with Gasteiger partial charge in [-0.05, 0) is 26.2 Å². The summed E-state index contributed by atoms with van der Waals surface area (Å²) in [4.78, 5) is 24.0. The first-order valence-corrected chi connectivity index (χ1v) is 12.1. The van der Waals surface area contributed by atoms with Crippen molar-refractivity contribution in [2.24, 2.45) is 0 Å². The maximum atomic E-state index is 12.1. The van der Waals surface area contributed by atoms with Crippen LogP contribution in [0.2, 0.25) is 0 Å². The van der Waals surface area contributed by atoms with Gasteiger partial charge in [-0.2, -0.15) is 0 Å². The van der Waals surface area contributed by atoms with Gasteiger partial charge in [0.05, 0.1) is 24.7 Å². The second kappa shape index (κ2) is 13.0. The fraction of sp³-hybridized carbons (Fsp3) is 0.760. The zero-order chi connectivity index (χ0) is 22.7. The molecule has 5 atom stereocenters. The van der Waals surface area contributed by atoms with E-state index in [0.717, 1.165) is 12.8 Å². The number of carbonyl (C=O) groups is 2. The van der Waals surface area contributed by atoms with E-state index in [1.807, 2.05) is 26.0 Å². The van der Waals surface area contributed by atoms with E-state index in [1.54, 1.807) is 12.2 Å². The Morgan fingerprint density at radius 1 is 1.19 bits per heavy atom. The summed E-state index contributed by atoms with van der Waals surface area (Å²) in [5.74, 6) is -0.755. The van der Waals surface area contributed by atoms with Gasteiger partial charge in [-0.15, -0.1) is 0 Å². The van der Waals surface area contributed by atoms with Crippen molar-refractivity contribution in [3.63, 3.8) is 0 Å². The molecule has 0 radical (unpaired) electrons. The smallest absolute Gasteiger partial charge is 0.329 e. The van der Waals surface area contributed by atoms with Crippen LogP contribution in [0.1, 0.15) is 91.4 Å². The van der Waals surface area contributed by atoms with Gasteiger partial charge in [-0.1, -0.05) is 76.7 Å². The molecule has 31 heavy (non-hydrogen) atoms. The molecule has 2 heterocycles. The van der Waals surface area contributed by atoms with Gasteiger partial charge in [-0.3, -0.25) is 4.79 Å². The zero-order valence-electron chi connectivity index (χ0n) is 19.5. The van der Waals surface area contributed by atoms with Crippen molar-refractivity contribution < 1.29 is 24.2 Å². The molecule has 2 aliphatic heterocycles. The van der Waals surface area contributed by atoms with Crippen LogP contribution < -0.4 is 5.32 Å². The molecule has 0 aromatic heterocycles. The highest BCUT2D eigenvalue weighted by atomic mass is 16.6. The zero-order valence-corrected chi connectivity index (χ0v) is 19.5. The predicted molar refractivity (Wildman–Crippen MR) is 122 cm³/mol. The van der Waals surface area contributed by atoms with E-state index in [-0.39, 0.29) is 12.3 Å². The molecule has 6 nitrogen and oxygen atoms in total. The van der Waals surface area contributed by atoms with Gasteiger partial charge in [0.25, 0.3) is 0 Å². The third kappa shape index (κ3) is 9.56. The Labute approximate surface area is 187 Å². The van der Waals surface area contributed by atoms with Crippen molar-refractivity contribution in [1.82, 2.24) is 5.32 Å². The first kappa shape index (κ1) is 25.6. The van der Waals surface area contributed by atoms with E-state index in [1.165, 1.54) is 38.5 Å². The number of rotatable bonds is 15. The van der Waals surface area contributed by atoms with Crippen LogP contribution >= 0.6 is 0 Å². The Morgan fingerprint density at radius 2 is 1.94 bits per heavy atom. The summed E-state index contributed by atoms with van der Waals surface area (Å²) < 4.78 is 11.0. The Hall–Kier alpha value is -1.66. The lowest BCUT2D eigenvalue weighted by Gasteiger charge is -2.19. The number of amides is 1. The molecule has 0 spiro atoms. The van der Waals surface area contributed by atoms with Crippen LogP contribution in [-0.4, -0.2) is 46.9 Å². The fourth-order valence-electron chi connectivity index (χ4n) is 3.96. The van der Waals surface area contributed by atoms with Crippen LogP contribution in [0.4, 0.5) is 0 Å². The van der Waals surface area contributed by atoms with Gasteiger partial charge in [0.2, 0.25) is 5.91 Å². The molecule has 5 unspecified atom stereocenters. The first-order valence-electron chi connectivity index (χ1n) is 12.1. The highest BCUT2D eigenvalue weighted by Gasteiger charge is 2.42. The number of esters is 1. The number of epoxide rings is 1. The number of allylic oxidation sites excluding steroid dienone is 2. The standard InChI is InChI=1S/C25H41NO5/c1-4-6-7-8-9-12-15-21-22(30-21)16-13-10-11-14-19(27)17-23(28)26-20-18-25(3,5-2)31-24(20)29/h10-11,13-14,19-22,27H,4-9,12,15-18H2,1-3H3,(H,26,28). The normalized spacial score (nSPS) is 28.9. The number of hydrogen-bond acceptors (Lipinski definition) is 5. The van der Waals surface area contributed by atoms with Crippen molar-refractivity contribution in [3.8, 4) is 0 Å². The molecule has 2 saturated heterocycles. The van der Waals surface area contributed by atoms with Gasteiger partial charge < -0.3 is 19.9 Å². The van der Waals surface area contributed by atoms with E-state index in [0.29, 0.717) is 25.0 Å². The molecular formula is C25H41NO5. The number of aliphatic hydroxyl groups is 1. The average Bonchev–Trinajstić information content (AvgIpc) is 3.40. The molecule has 0 aliphatic carbocycles. The minimum atomic E-state index is -0.891. The van der Waals surface area contributed by atoms with Crippen LogP contribution in [0.5, 0.6) is 0 Å². The molecule has 6 heteroatoms. The molecule has 1 amide bonds. The number of hydrogen-bond donors (Lipinski definition) is 2. The third-order valence-electron chi connectivity index (χ3n) is 6.22. The summed E-state index contributed by atoms with van der Waals surface area (Å²) >= 11 is 0. The molecule has 2 fully saturated rings. The molecule has 2 aliphatic rings. The average molecular weight is 436 g/mol. The first-order chi connectivity index (χ1) is 14.9. The quantitative estimate of drug-likeness (QED) is 0.173. The van der Waals surface area contributed by atoms with Crippen LogP contribution in [-0.2, 0) is 19.1 Å². The van der Waals surface area contributed by atoms with Crippen LogP contribution in [0.15, 0.2) is 24.3 Å². The summed E-state index contributed by atoms with van der Waals surface area (Å²) in [6.45, 7) is 6.05. The van der Waals surface area contributed by atoms with E-state index in [4.69, 9.17) is 9.47 Å². The molecule has 0 aromatic carbocycles. The van der Waals surface area contributed by atoms with Gasteiger partial charge >= 0.3 is 5.97 Å². The second-order valence-corrected chi connectivity index (χ2v) is 9.14. The summed E-state index contributed by atoms with van der Waals surface area (Å²) in [5, 5.41) is 12.7. The van der Waals surface area contributed by atoms with Crippen molar-refractivity contribution in [2.75, 3.05) is 0 Å². The Morgan fingerprint density at radius 3 is 2.65 bits per heavy atom. The number of carbonyl (C=O) groups excluding carboxylic acids is 2.